The van der Waals surface area contributed by atoms with E-state index in [2.05, 4.69) is 49.0 Å². The first-order valence-electron chi connectivity index (χ1n) is 7.14. The molecule has 6 heteroatoms. The molecule has 0 saturated carbocycles. The summed E-state index contributed by atoms with van der Waals surface area (Å²) in [6.45, 7) is 5.97. The molecule has 0 unspecified atom stereocenters. The van der Waals surface area contributed by atoms with Gasteiger partial charge in [0.2, 0.25) is 0 Å². The van der Waals surface area contributed by atoms with Gasteiger partial charge in [-0.25, -0.2) is 5.43 Å². The molecule has 0 heterocycles. The molecular formula is C18H16Br2N2O2. The van der Waals surface area contributed by atoms with E-state index in [1.54, 1.807) is 18.4 Å². The van der Waals surface area contributed by atoms with Crippen LogP contribution in [0.15, 0.2) is 63.1 Å². The van der Waals surface area contributed by atoms with Crippen LogP contribution in [0.25, 0.3) is 0 Å². The molecule has 24 heavy (non-hydrogen) atoms. The number of nitrogens with one attached hydrogen (secondary N) is 1. The van der Waals surface area contributed by atoms with Gasteiger partial charge in [-0.1, -0.05) is 30.4 Å². The fourth-order valence-corrected chi connectivity index (χ4v) is 3.40. The predicted molar refractivity (Wildman–Crippen MR) is 104 cm³/mol. The van der Waals surface area contributed by atoms with E-state index < -0.39 is 0 Å². The molecule has 2 aromatic carbocycles. The molecule has 0 bridgehead atoms. The van der Waals surface area contributed by atoms with Crippen molar-refractivity contribution >= 4 is 44.0 Å². The first kappa shape index (κ1) is 18.4. The monoisotopic (exact) mass is 450 g/mol. The summed E-state index contributed by atoms with van der Waals surface area (Å²) in [4.78, 5) is 12.0. The largest absolute Gasteiger partial charge is 0.487 e. The van der Waals surface area contributed by atoms with Crippen LogP contribution in [-0.4, -0.2) is 18.7 Å². The maximum atomic E-state index is 12.0. The van der Waals surface area contributed by atoms with Crippen LogP contribution in [0.2, 0.25) is 0 Å². The van der Waals surface area contributed by atoms with Crippen LogP contribution < -0.4 is 10.2 Å². The minimum absolute atomic E-state index is 0.251. The summed E-state index contributed by atoms with van der Waals surface area (Å²) in [5, 5.41) is 4.00. The van der Waals surface area contributed by atoms with Crippen molar-refractivity contribution in [1.82, 2.24) is 5.43 Å². The molecule has 0 spiro atoms. The zero-order valence-corrected chi connectivity index (χ0v) is 16.2. The van der Waals surface area contributed by atoms with Gasteiger partial charge in [0.15, 0.2) is 0 Å². The fourth-order valence-electron chi connectivity index (χ4n) is 1.95. The van der Waals surface area contributed by atoms with E-state index in [0.29, 0.717) is 17.9 Å². The topological polar surface area (TPSA) is 50.7 Å². The molecule has 0 aliphatic heterocycles. The fraction of sp³-hybridized carbons (Fsp3) is 0.111. The lowest BCUT2D eigenvalue weighted by atomic mass is 10.1. The van der Waals surface area contributed by atoms with E-state index in [4.69, 9.17) is 4.74 Å². The zero-order chi connectivity index (χ0) is 17.5. The van der Waals surface area contributed by atoms with Crippen molar-refractivity contribution in [3.63, 3.8) is 0 Å². The van der Waals surface area contributed by atoms with Crippen LogP contribution in [-0.2, 0) is 0 Å². The van der Waals surface area contributed by atoms with Gasteiger partial charge in [0.1, 0.15) is 12.4 Å². The minimum atomic E-state index is -0.251. The summed E-state index contributed by atoms with van der Waals surface area (Å²) in [6.07, 6.45) is 3.25. The molecule has 0 atom stereocenters. The standard InChI is InChI=1S/C18H16Br2N2O2/c1-3-7-24-17-15(19)9-13(10-16(17)20)11-21-22-18(23)14-6-4-5-12(2)8-14/h3-6,8-11H,1,7H2,2H3,(H,22,23). The van der Waals surface area contributed by atoms with E-state index >= 15 is 0 Å². The van der Waals surface area contributed by atoms with Crippen molar-refractivity contribution in [3.05, 3.63) is 74.7 Å². The Bertz CT molecular complexity index is 765. The van der Waals surface area contributed by atoms with Gasteiger partial charge in [0.25, 0.3) is 5.91 Å². The molecule has 1 N–H and O–H groups in total. The summed E-state index contributed by atoms with van der Waals surface area (Å²) in [5.74, 6) is 0.440. The highest BCUT2D eigenvalue weighted by Gasteiger charge is 2.08. The lowest BCUT2D eigenvalue weighted by Crippen LogP contribution is -2.17. The Morgan fingerprint density at radius 1 is 1.29 bits per heavy atom. The number of benzene rings is 2. The Labute approximate surface area is 157 Å². The molecule has 0 fully saturated rings. The number of carbonyl (C=O) groups is 1. The third-order valence-corrected chi connectivity index (χ3v) is 4.20. The average Bonchev–Trinajstić information content (AvgIpc) is 2.54. The number of amides is 1. The lowest BCUT2D eigenvalue weighted by Gasteiger charge is -2.09. The molecule has 4 nitrogen and oxygen atoms in total. The normalized spacial score (nSPS) is 10.6. The first-order valence-corrected chi connectivity index (χ1v) is 8.72. The van der Waals surface area contributed by atoms with Crippen molar-refractivity contribution in [2.24, 2.45) is 5.10 Å². The van der Waals surface area contributed by atoms with Crippen molar-refractivity contribution in [2.75, 3.05) is 6.61 Å². The summed E-state index contributed by atoms with van der Waals surface area (Å²) in [6, 6.07) is 11.0. The van der Waals surface area contributed by atoms with Crippen molar-refractivity contribution < 1.29 is 9.53 Å². The molecule has 0 radical (unpaired) electrons. The van der Waals surface area contributed by atoms with E-state index in [0.717, 1.165) is 20.1 Å². The summed E-state index contributed by atoms with van der Waals surface area (Å²) >= 11 is 6.91. The molecule has 0 aliphatic rings. The van der Waals surface area contributed by atoms with E-state index in [1.165, 1.54) is 0 Å². The van der Waals surface area contributed by atoms with Crippen LogP contribution in [0.3, 0.4) is 0 Å². The Kier molecular flexibility index (Phi) is 6.75. The maximum absolute atomic E-state index is 12.0. The Hall–Kier alpha value is -1.92. The maximum Gasteiger partial charge on any atom is 0.271 e. The van der Waals surface area contributed by atoms with E-state index in [1.807, 2.05) is 37.3 Å². The average molecular weight is 452 g/mol. The van der Waals surface area contributed by atoms with Gasteiger partial charge in [-0.3, -0.25) is 4.79 Å². The lowest BCUT2D eigenvalue weighted by molar-refractivity contribution is 0.0955. The number of carbonyl (C=O) groups excluding carboxylic acids is 1. The highest BCUT2D eigenvalue weighted by molar-refractivity contribution is 9.11. The molecular weight excluding hydrogens is 436 g/mol. The molecule has 124 valence electrons. The second kappa shape index (κ2) is 8.80. The number of halogens is 2. The highest BCUT2D eigenvalue weighted by atomic mass is 79.9. The van der Waals surface area contributed by atoms with Crippen LogP contribution >= 0.6 is 31.9 Å². The summed E-state index contributed by atoms with van der Waals surface area (Å²) < 4.78 is 7.12. The Morgan fingerprint density at radius 2 is 2.00 bits per heavy atom. The third-order valence-electron chi connectivity index (χ3n) is 3.03. The quantitative estimate of drug-likeness (QED) is 0.387. The van der Waals surface area contributed by atoms with E-state index in [-0.39, 0.29) is 5.91 Å². The van der Waals surface area contributed by atoms with Gasteiger partial charge >= 0.3 is 0 Å². The SMILES string of the molecule is C=CCOc1c(Br)cc(C=NNC(=O)c2cccc(C)c2)cc1Br. The van der Waals surface area contributed by atoms with Crippen LogP contribution in [0.1, 0.15) is 21.5 Å². The van der Waals surface area contributed by atoms with Crippen LogP contribution in [0.5, 0.6) is 5.75 Å². The molecule has 0 aromatic heterocycles. The van der Waals surface area contributed by atoms with Gasteiger partial charge in [-0.05, 0) is 68.6 Å². The van der Waals surface area contributed by atoms with Gasteiger partial charge < -0.3 is 4.74 Å². The number of ether oxygens (including phenoxy) is 1. The summed E-state index contributed by atoms with van der Waals surface area (Å²) in [5.41, 5.74) is 4.92. The van der Waals surface area contributed by atoms with Crippen LogP contribution in [0.4, 0.5) is 0 Å². The predicted octanol–water partition coefficient (Wildman–Crippen LogP) is 4.85. The third kappa shape index (κ3) is 5.04. The number of hydrogen-bond donors (Lipinski definition) is 1. The second-order valence-electron chi connectivity index (χ2n) is 4.98. The molecule has 0 saturated heterocycles. The Morgan fingerprint density at radius 3 is 2.62 bits per heavy atom. The first-order chi connectivity index (χ1) is 11.5. The number of hydrazone groups is 1. The molecule has 1 amide bonds. The molecule has 2 rings (SSSR count). The van der Waals surface area contributed by atoms with Gasteiger partial charge in [-0.15, -0.1) is 0 Å². The zero-order valence-electron chi connectivity index (χ0n) is 13.1. The Balaban J connectivity index is 2.06. The minimum Gasteiger partial charge on any atom is -0.487 e. The number of nitrogens with zero attached hydrogens (tertiary/aromatic N) is 1. The summed E-state index contributed by atoms with van der Waals surface area (Å²) in [7, 11) is 0. The van der Waals surface area contributed by atoms with Crippen molar-refractivity contribution in [2.45, 2.75) is 6.92 Å². The second-order valence-corrected chi connectivity index (χ2v) is 6.69. The van der Waals surface area contributed by atoms with Gasteiger partial charge in [0.05, 0.1) is 15.2 Å². The smallest absolute Gasteiger partial charge is 0.271 e. The number of aryl methyl sites for hydroxylation is 1. The van der Waals surface area contributed by atoms with E-state index in [9.17, 15) is 4.79 Å². The molecule has 2 aromatic rings. The van der Waals surface area contributed by atoms with Crippen LogP contribution in [0, 0.1) is 6.92 Å². The van der Waals surface area contributed by atoms with Gasteiger partial charge in [-0.2, -0.15) is 5.10 Å². The van der Waals surface area contributed by atoms with Crippen molar-refractivity contribution in [3.8, 4) is 5.75 Å². The number of hydrogen-bond acceptors (Lipinski definition) is 3. The highest BCUT2D eigenvalue weighted by Crippen LogP contribution is 2.34. The molecule has 0 aliphatic carbocycles. The van der Waals surface area contributed by atoms with Crippen molar-refractivity contribution in [1.29, 1.82) is 0 Å². The number of rotatable bonds is 6. The van der Waals surface area contributed by atoms with Gasteiger partial charge in [0, 0.05) is 5.56 Å².